The number of halogens is 1. The Morgan fingerprint density at radius 1 is 1.46 bits per heavy atom. The van der Waals surface area contributed by atoms with Crippen LogP contribution in [0.5, 0.6) is 0 Å². The quantitative estimate of drug-likeness (QED) is 0.702. The Hall–Kier alpha value is -1.64. The summed E-state index contributed by atoms with van der Waals surface area (Å²) < 4.78 is 12.3. The van der Waals surface area contributed by atoms with Gasteiger partial charge in [-0.15, -0.1) is 0 Å². The molecule has 0 aliphatic rings. The lowest BCUT2D eigenvalue weighted by Crippen LogP contribution is -1.79. The van der Waals surface area contributed by atoms with Crippen molar-refractivity contribution in [2.75, 3.05) is 0 Å². The van der Waals surface area contributed by atoms with E-state index in [1.165, 1.54) is 0 Å². The van der Waals surface area contributed by atoms with E-state index in [0.29, 0.717) is 11.1 Å². The number of alkyl halides is 1. The van der Waals surface area contributed by atoms with Gasteiger partial charge in [0.25, 0.3) is 0 Å². The van der Waals surface area contributed by atoms with Crippen molar-refractivity contribution in [2.24, 2.45) is 0 Å². The van der Waals surface area contributed by atoms with E-state index in [4.69, 9.17) is 0 Å². The van der Waals surface area contributed by atoms with E-state index in [1.807, 2.05) is 0 Å². The van der Waals surface area contributed by atoms with Gasteiger partial charge in [-0.1, -0.05) is 6.07 Å². The molecule has 0 saturated heterocycles. The van der Waals surface area contributed by atoms with Crippen LogP contribution in [0.2, 0.25) is 0 Å². The van der Waals surface area contributed by atoms with Crippen molar-refractivity contribution >= 4 is 17.2 Å². The van der Waals surface area contributed by atoms with Crippen molar-refractivity contribution < 1.29 is 9.18 Å². The Balaban J connectivity index is 2.71. The molecule has 1 aromatic carbocycles. The van der Waals surface area contributed by atoms with E-state index in [1.54, 1.807) is 24.4 Å². The molecule has 13 heavy (non-hydrogen) atoms. The molecule has 0 radical (unpaired) electrons. The summed E-state index contributed by atoms with van der Waals surface area (Å²) in [5.41, 5.74) is 2.03. The average Bonchev–Trinajstić information content (AvgIpc) is 2.59. The number of nitrogens with one attached hydrogen (secondary N) is 1. The second kappa shape index (κ2) is 3.01. The first-order valence-electron chi connectivity index (χ1n) is 3.96. The molecule has 0 saturated carbocycles. The molecule has 2 aromatic rings. The predicted molar refractivity (Wildman–Crippen MR) is 48.5 cm³/mol. The number of aldehydes is 1. The van der Waals surface area contributed by atoms with E-state index >= 15 is 0 Å². The number of aromatic nitrogens is 1. The first-order chi connectivity index (χ1) is 6.35. The average molecular weight is 177 g/mol. The van der Waals surface area contributed by atoms with Crippen LogP contribution in [0.3, 0.4) is 0 Å². The molecule has 0 spiro atoms. The fourth-order valence-electron chi connectivity index (χ4n) is 1.37. The van der Waals surface area contributed by atoms with E-state index in [2.05, 4.69) is 4.98 Å². The lowest BCUT2D eigenvalue weighted by atomic mass is 10.1. The van der Waals surface area contributed by atoms with Crippen LogP contribution < -0.4 is 0 Å². The lowest BCUT2D eigenvalue weighted by molar-refractivity contribution is 0.112. The van der Waals surface area contributed by atoms with Crippen LogP contribution in [0.1, 0.15) is 15.9 Å². The minimum atomic E-state index is -0.501. The molecule has 2 rings (SSSR count). The standard InChI is InChI=1S/C10H8FNO/c11-4-7-1-2-10-9(3-7)8(6-13)5-12-10/h1-3,5-6,12H,4H2. The number of rotatable bonds is 2. The van der Waals surface area contributed by atoms with Crippen LogP contribution in [-0.4, -0.2) is 11.3 Å². The van der Waals surface area contributed by atoms with E-state index in [9.17, 15) is 9.18 Å². The second-order valence-electron chi connectivity index (χ2n) is 2.88. The van der Waals surface area contributed by atoms with Gasteiger partial charge in [0.05, 0.1) is 0 Å². The van der Waals surface area contributed by atoms with Gasteiger partial charge < -0.3 is 4.98 Å². The third-order valence-corrected chi connectivity index (χ3v) is 2.06. The minimum absolute atomic E-state index is 0.501. The highest BCUT2D eigenvalue weighted by Gasteiger charge is 2.02. The smallest absolute Gasteiger partial charge is 0.152 e. The zero-order valence-electron chi connectivity index (χ0n) is 6.88. The molecule has 2 nitrogen and oxygen atoms in total. The number of aromatic amines is 1. The maximum absolute atomic E-state index is 12.3. The molecule has 1 aromatic heterocycles. The molecule has 0 bridgehead atoms. The second-order valence-corrected chi connectivity index (χ2v) is 2.88. The predicted octanol–water partition coefficient (Wildman–Crippen LogP) is 2.45. The molecular weight excluding hydrogens is 169 g/mol. The van der Waals surface area contributed by atoms with Crippen molar-refractivity contribution in [1.29, 1.82) is 0 Å². The number of hydrogen-bond acceptors (Lipinski definition) is 1. The van der Waals surface area contributed by atoms with Crippen LogP contribution in [-0.2, 0) is 6.67 Å². The lowest BCUT2D eigenvalue weighted by Gasteiger charge is -1.94. The Bertz CT molecular complexity index is 447. The first kappa shape index (κ1) is 7.98. The van der Waals surface area contributed by atoms with Gasteiger partial charge in [0, 0.05) is 22.7 Å². The van der Waals surface area contributed by atoms with E-state index in [0.717, 1.165) is 17.2 Å². The molecular formula is C10H8FNO. The minimum Gasteiger partial charge on any atom is -0.360 e. The maximum atomic E-state index is 12.3. The summed E-state index contributed by atoms with van der Waals surface area (Å²) in [6.07, 6.45) is 2.39. The topological polar surface area (TPSA) is 32.9 Å². The highest BCUT2D eigenvalue weighted by molar-refractivity contribution is 5.97. The van der Waals surface area contributed by atoms with Gasteiger partial charge in [-0.3, -0.25) is 4.79 Å². The first-order valence-corrected chi connectivity index (χ1v) is 3.96. The van der Waals surface area contributed by atoms with Gasteiger partial charge in [0.1, 0.15) is 6.67 Å². The Morgan fingerprint density at radius 3 is 3.00 bits per heavy atom. The molecule has 0 amide bonds. The Labute approximate surface area is 74.4 Å². The van der Waals surface area contributed by atoms with Crippen LogP contribution in [0, 0.1) is 0 Å². The number of carbonyl (C=O) groups excluding carboxylic acids is 1. The normalized spacial score (nSPS) is 10.5. The maximum Gasteiger partial charge on any atom is 0.152 e. The van der Waals surface area contributed by atoms with Gasteiger partial charge in [0.15, 0.2) is 6.29 Å². The SMILES string of the molecule is O=Cc1c[nH]c2ccc(CF)cc12. The highest BCUT2D eigenvalue weighted by Crippen LogP contribution is 2.18. The molecule has 0 unspecified atom stereocenters. The molecule has 1 heterocycles. The fourth-order valence-corrected chi connectivity index (χ4v) is 1.37. The summed E-state index contributed by atoms with van der Waals surface area (Å²) in [6.45, 7) is -0.501. The van der Waals surface area contributed by atoms with Crippen molar-refractivity contribution in [3.8, 4) is 0 Å². The van der Waals surface area contributed by atoms with Gasteiger partial charge in [-0.25, -0.2) is 4.39 Å². The highest BCUT2D eigenvalue weighted by atomic mass is 19.1. The van der Waals surface area contributed by atoms with Gasteiger partial charge in [0.2, 0.25) is 0 Å². The fraction of sp³-hybridized carbons (Fsp3) is 0.100. The molecule has 0 aliphatic carbocycles. The number of carbonyl (C=O) groups is 1. The van der Waals surface area contributed by atoms with Crippen LogP contribution >= 0.6 is 0 Å². The monoisotopic (exact) mass is 177 g/mol. The molecule has 0 atom stereocenters. The summed E-state index contributed by atoms with van der Waals surface area (Å²) in [5, 5.41) is 0.783. The molecule has 3 heteroatoms. The number of benzene rings is 1. The third kappa shape index (κ3) is 1.22. The van der Waals surface area contributed by atoms with Crippen molar-refractivity contribution in [3.05, 3.63) is 35.5 Å². The summed E-state index contributed by atoms with van der Waals surface area (Å²) in [5.74, 6) is 0. The third-order valence-electron chi connectivity index (χ3n) is 2.06. The molecule has 0 aliphatic heterocycles. The van der Waals surface area contributed by atoms with Crippen molar-refractivity contribution in [1.82, 2.24) is 4.98 Å². The van der Waals surface area contributed by atoms with E-state index < -0.39 is 6.67 Å². The van der Waals surface area contributed by atoms with Crippen LogP contribution in [0.4, 0.5) is 4.39 Å². The number of fused-ring (bicyclic) bond motifs is 1. The van der Waals surface area contributed by atoms with Gasteiger partial charge in [-0.05, 0) is 17.7 Å². The summed E-state index contributed by atoms with van der Waals surface area (Å²) in [6, 6.07) is 5.17. The summed E-state index contributed by atoms with van der Waals surface area (Å²) in [7, 11) is 0. The number of H-pyrrole nitrogens is 1. The van der Waals surface area contributed by atoms with Crippen LogP contribution in [0.15, 0.2) is 24.4 Å². The summed E-state index contributed by atoms with van der Waals surface area (Å²) in [4.78, 5) is 13.5. The zero-order chi connectivity index (χ0) is 9.26. The molecule has 0 fully saturated rings. The zero-order valence-corrected chi connectivity index (χ0v) is 6.88. The summed E-state index contributed by atoms with van der Waals surface area (Å²) >= 11 is 0. The largest absolute Gasteiger partial charge is 0.360 e. The van der Waals surface area contributed by atoms with E-state index in [-0.39, 0.29) is 0 Å². The van der Waals surface area contributed by atoms with Crippen molar-refractivity contribution in [3.63, 3.8) is 0 Å². The van der Waals surface area contributed by atoms with Gasteiger partial charge >= 0.3 is 0 Å². The van der Waals surface area contributed by atoms with Crippen molar-refractivity contribution in [2.45, 2.75) is 6.67 Å². The Kier molecular flexibility index (Phi) is 1.85. The van der Waals surface area contributed by atoms with Crippen LogP contribution in [0.25, 0.3) is 10.9 Å². The van der Waals surface area contributed by atoms with Gasteiger partial charge in [-0.2, -0.15) is 0 Å². The Morgan fingerprint density at radius 2 is 2.31 bits per heavy atom. The molecule has 66 valence electrons. The molecule has 1 N–H and O–H groups in total. The number of hydrogen-bond donors (Lipinski definition) is 1.